The van der Waals surface area contributed by atoms with Crippen LogP contribution in [0.3, 0.4) is 0 Å². The predicted molar refractivity (Wildman–Crippen MR) is 135 cm³/mol. The second-order valence-electron chi connectivity index (χ2n) is 7.94. The highest BCUT2D eigenvalue weighted by molar-refractivity contribution is 6.36. The molecule has 4 rings (SSSR count). The normalized spacial score (nSPS) is 15.1. The molecule has 35 heavy (non-hydrogen) atoms. The number of nitrogen functional groups attached to an aromatic ring is 1. The second kappa shape index (κ2) is 11.6. The number of hydrogen-bond donors (Lipinski definition) is 1. The van der Waals surface area contributed by atoms with Gasteiger partial charge in [0.1, 0.15) is 18.5 Å². The van der Waals surface area contributed by atoms with Gasteiger partial charge in [-0.1, -0.05) is 34.8 Å². The van der Waals surface area contributed by atoms with Gasteiger partial charge < -0.3 is 19.9 Å². The quantitative estimate of drug-likeness (QED) is 0.290. The van der Waals surface area contributed by atoms with Gasteiger partial charge in [-0.05, 0) is 31.2 Å². The van der Waals surface area contributed by atoms with Crippen LogP contribution >= 0.6 is 34.8 Å². The average Bonchev–Trinajstić information content (AvgIpc) is 2.85. The molecule has 1 aromatic carbocycles. The number of nitrogens with zero attached hydrogens (tertiary/aromatic N) is 3. The Kier molecular flexibility index (Phi) is 8.51. The molecule has 1 saturated heterocycles. The molecule has 0 radical (unpaired) electrons. The van der Waals surface area contributed by atoms with Crippen molar-refractivity contribution in [1.82, 2.24) is 14.9 Å². The molecule has 1 aliphatic rings. The summed E-state index contributed by atoms with van der Waals surface area (Å²) in [5.74, 6) is 0.322. The topological polar surface area (TPSA) is 82.7 Å². The molecule has 2 aromatic heterocycles. The van der Waals surface area contributed by atoms with Crippen LogP contribution in [0.5, 0.6) is 11.5 Å². The Morgan fingerprint density at radius 2 is 1.77 bits per heavy atom. The van der Waals surface area contributed by atoms with Gasteiger partial charge in [-0.25, -0.2) is 14.4 Å². The zero-order valence-electron chi connectivity index (χ0n) is 18.9. The Balaban J connectivity index is 1.51. The van der Waals surface area contributed by atoms with Gasteiger partial charge in [0, 0.05) is 53.7 Å². The number of benzene rings is 1. The van der Waals surface area contributed by atoms with E-state index < -0.39 is 11.9 Å². The Morgan fingerprint density at radius 3 is 2.51 bits per heavy atom. The molecule has 0 saturated carbocycles. The summed E-state index contributed by atoms with van der Waals surface area (Å²) in [6, 6.07) is 6.12. The van der Waals surface area contributed by atoms with Crippen LogP contribution in [-0.2, 0) is 4.74 Å². The summed E-state index contributed by atoms with van der Waals surface area (Å²) < 4.78 is 31.2. The Hall–Kier alpha value is -2.36. The van der Waals surface area contributed by atoms with Crippen molar-refractivity contribution >= 4 is 40.6 Å². The van der Waals surface area contributed by atoms with Crippen molar-refractivity contribution < 1.29 is 18.6 Å². The number of hydrogen-bond acceptors (Lipinski definition) is 7. The molecule has 0 amide bonds. The fourth-order valence-electron chi connectivity index (χ4n) is 3.67. The molecule has 0 aliphatic carbocycles. The number of rotatable bonds is 8. The maximum absolute atomic E-state index is 14.0. The minimum atomic E-state index is -0.688. The van der Waals surface area contributed by atoms with Gasteiger partial charge in [0.2, 0.25) is 0 Å². The average molecular weight is 542 g/mol. The van der Waals surface area contributed by atoms with Crippen LogP contribution in [0, 0.1) is 5.82 Å². The van der Waals surface area contributed by atoms with Crippen LogP contribution < -0.4 is 15.2 Å². The number of nitrogens with two attached hydrogens (primary N) is 1. The maximum Gasteiger partial charge on any atom is 0.171 e. The lowest BCUT2D eigenvalue weighted by Gasteiger charge is -2.26. The summed E-state index contributed by atoms with van der Waals surface area (Å²) in [7, 11) is 0. The fraction of sp³-hybridized carbons (Fsp3) is 0.333. The summed E-state index contributed by atoms with van der Waals surface area (Å²) >= 11 is 18.6. The SMILES string of the molecule is CC(Oc1cc(-c2cnc(Cl)c(OCCN3CCOCC3)c2)cnc1N)c1c(Cl)ccc(F)c1Cl. The standard InChI is InChI=1S/C24H24Cl3FN4O3/c1-14(21-17(25)2-3-18(28)22(21)26)35-20-11-16(13-31-24(20)29)15-10-19(23(27)30-12-15)34-9-6-32-4-7-33-8-5-32/h2-3,10-14H,4-9H2,1H3,(H2,29,31). The molecule has 1 aliphatic heterocycles. The van der Waals surface area contributed by atoms with Gasteiger partial charge in [-0.2, -0.15) is 0 Å². The highest BCUT2D eigenvalue weighted by Gasteiger charge is 2.20. The smallest absolute Gasteiger partial charge is 0.171 e. The largest absolute Gasteiger partial charge is 0.489 e. The predicted octanol–water partition coefficient (Wildman–Crippen LogP) is 5.68. The number of anilines is 1. The first kappa shape index (κ1) is 25.7. The summed E-state index contributed by atoms with van der Waals surface area (Å²) in [6.45, 7) is 6.12. The van der Waals surface area contributed by atoms with E-state index in [1.54, 1.807) is 31.5 Å². The molecular weight excluding hydrogens is 518 g/mol. The van der Waals surface area contributed by atoms with E-state index in [9.17, 15) is 4.39 Å². The first-order valence-corrected chi connectivity index (χ1v) is 12.1. The molecule has 11 heteroatoms. The zero-order chi connectivity index (χ0) is 24.9. The van der Waals surface area contributed by atoms with Crippen LogP contribution in [0.25, 0.3) is 11.1 Å². The minimum Gasteiger partial charge on any atom is -0.489 e. The van der Waals surface area contributed by atoms with E-state index >= 15 is 0 Å². The lowest BCUT2D eigenvalue weighted by Crippen LogP contribution is -2.38. The number of aromatic nitrogens is 2. The Morgan fingerprint density at radius 1 is 1.09 bits per heavy atom. The molecule has 1 unspecified atom stereocenters. The van der Waals surface area contributed by atoms with E-state index in [0.717, 1.165) is 32.8 Å². The first-order valence-electron chi connectivity index (χ1n) is 11.0. The highest BCUT2D eigenvalue weighted by Crippen LogP contribution is 2.37. The van der Waals surface area contributed by atoms with Crippen molar-refractivity contribution in [3.8, 4) is 22.6 Å². The van der Waals surface area contributed by atoms with Crippen LogP contribution in [0.1, 0.15) is 18.6 Å². The fourth-order valence-corrected chi connectivity index (χ4v) is 4.50. The van der Waals surface area contributed by atoms with Crippen molar-refractivity contribution in [3.63, 3.8) is 0 Å². The van der Waals surface area contributed by atoms with Gasteiger partial charge >= 0.3 is 0 Å². The highest BCUT2D eigenvalue weighted by atomic mass is 35.5. The van der Waals surface area contributed by atoms with Crippen molar-refractivity contribution in [2.75, 3.05) is 45.2 Å². The molecule has 0 bridgehead atoms. The Bertz CT molecular complexity index is 1190. The monoisotopic (exact) mass is 540 g/mol. The minimum absolute atomic E-state index is 0.103. The van der Waals surface area contributed by atoms with Crippen LogP contribution in [0.15, 0.2) is 36.7 Å². The molecule has 0 spiro atoms. The molecule has 186 valence electrons. The second-order valence-corrected chi connectivity index (χ2v) is 9.08. The van der Waals surface area contributed by atoms with E-state index in [1.165, 1.54) is 12.1 Å². The van der Waals surface area contributed by atoms with E-state index in [0.29, 0.717) is 29.0 Å². The van der Waals surface area contributed by atoms with Gasteiger partial charge in [0.05, 0.1) is 18.2 Å². The molecule has 1 atom stereocenters. The molecular formula is C24H24Cl3FN4O3. The number of morpholine rings is 1. The van der Waals surface area contributed by atoms with Crippen molar-refractivity contribution in [2.45, 2.75) is 13.0 Å². The van der Waals surface area contributed by atoms with Crippen LogP contribution in [0.4, 0.5) is 10.2 Å². The van der Waals surface area contributed by atoms with Gasteiger partial charge in [0.25, 0.3) is 0 Å². The van der Waals surface area contributed by atoms with E-state index in [4.69, 9.17) is 54.7 Å². The number of pyridine rings is 2. The third-order valence-electron chi connectivity index (χ3n) is 5.58. The maximum atomic E-state index is 14.0. The van der Waals surface area contributed by atoms with Crippen molar-refractivity contribution in [3.05, 3.63) is 63.2 Å². The zero-order valence-corrected chi connectivity index (χ0v) is 21.2. The summed E-state index contributed by atoms with van der Waals surface area (Å²) in [6.07, 6.45) is 2.52. The molecule has 2 N–H and O–H groups in total. The number of halogens is 4. The van der Waals surface area contributed by atoms with Crippen molar-refractivity contribution in [1.29, 1.82) is 0 Å². The first-order chi connectivity index (χ1) is 16.8. The van der Waals surface area contributed by atoms with E-state index in [-0.39, 0.29) is 26.8 Å². The molecule has 3 heterocycles. The van der Waals surface area contributed by atoms with Gasteiger partial charge in [-0.15, -0.1) is 0 Å². The lowest BCUT2D eigenvalue weighted by molar-refractivity contribution is 0.0322. The number of ether oxygens (including phenoxy) is 3. The molecule has 7 nitrogen and oxygen atoms in total. The molecule has 1 fully saturated rings. The summed E-state index contributed by atoms with van der Waals surface area (Å²) in [4.78, 5) is 10.7. The van der Waals surface area contributed by atoms with Crippen molar-refractivity contribution in [2.24, 2.45) is 0 Å². The third-order valence-corrected chi connectivity index (χ3v) is 6.58. The third kappa shape index (κ3) is 6.26. The lowest BCUT2D eigenvalue weighted by atomic mass is 10.1. The van der Waals surface area contributed by atoms with E-state index in [1.807, 2.05) is 0 Å². The van der Waals surface area contributed by atoms with Gasteiger partial charge in [-0.3, -0.25) is 4.90 Å². The molecule has 3 aromatic rings. The van der Waals surface area contributed by atoms with Crippen LogP contribution in [-0.4, -0.2) is 54.3 Å². The van der Waals surface area contributed by atoms with Crippen LogP contribution in [0.2, 0.25) is 15.2 Å². The van der Waals surface area contributed by atoms with E-state index in [2.05, 4.69) is 14.9 Å². The van der Waals surface area contributed by atoms with Gasteiger partial charge in [0.15, 0.2) is 22.5 Å². The summed E-state index contributed by atoms with van der Waals surface area (Å²) in [5, 5.41) is 0.445. The summed E-state index contributed by atoms with van der Waals surface area (Å²) in [5.41, 5.74) is 7.75. The Labute approximate surface area is 217 Å².